The molecule has 0 spiro atoms. The lowest BCUT2D eigenvalue weighted by Crippen LogP contribution is -2.39. The first-order valence-corrected chi connectivity index (χ1v) is 6.96. The van der Waals surface area contributed by atoms with E-state index in [-0.39, 0.29) is 11.9 Å². The number of nitrogens with zero attached hydrogens (tertiary/aromatic N) is 1. The smallest absolute Gasteiger partial charge is 0.248 e. The molecule has 1 aliphatic heterocycles. The van der Waals surface area contributed by atoms with Gasteiger partial charge in [-0.3, -0.25) is 9.59 Å². The molecule has 2 rings (SSSR count). The van der Waals surface area contributed by atoms with Gasteiger partial charge in [0.05, 0.1) is 0 Å². The van der Waals surface area contributed by atoms with Gasteiger partial charge in [0.25, 0.3) is 0 Å². The molecule has 0 aromatic heterocycles. The molecule has 3 N–H and O–H groups in total. The number of hydrogen-bond acceptors (Lipinski definition) is 3. The van der Waals surface area contributed by atoms with E-state index in [1.54, 1.807) is 12.1 Å². The normalized spacial score (nSPS) is 16.4. The highest BCUT2D eigenvalue weighted by molar-refractivity contribution is 5.92. The number of likely N-dealkylation sites (tertiary alicyclic amines) is 1. The van der Waals surface area contributed by atoms with E-state index in [1.807, 2.05) is 17.0 Å². The molecule has 1 atom stereocenters. The second-order valence-corrected chi connectivity index (χ2v) is 5.29. The fourth-order valence-electron chi connectivity index (χ4n) is 2.42. The molecule has 0 bridgehead atoms. The lowest BCUT2D eigenvalue weighted by molar-refractivity contribution is -0.127. The van der Waals surface area contributed by atoms with Crippen molar-refractivity contribution in [1.29, 1.82) is 0 Å². The van der Waals surface area contributed by atoms with Gasteiger partial charge in [-0.05, 0) is 31.0 Å². The van der Waals surface area contributed by atoms with Gasteiger partial charge >= 0.3 is 0 Å². The lowest BCUT2D eigenvalue weighted by Gasteiger charge is -2.21. The predicted molar refractivity (Wildman–Crippen MR) is 77.1 cm³/mol. The van der Waals surface area contributed by atoms with E-state index in [4.69, 9.17) is 5.73 Å². The maximum atomic E-state index is 11.6. The van der Waals surface area contributed by atoms with Gasteiger partial charge < -0.3 is 16.0 Å². The standard InChI is InChI=1S/C15H21N3O2/c1-11(10-18-7-3-6-14(18)19)17-9-12-4-2-5-13(8-12)15(16)20/h2,4-5,8,11,17H,3,6-7,9-10H2,1H3,(H2,16,20). The fourth-order valence-corrected chi connectivity index (χ4v) is 2.42. The number of rotatable bonds is 6. The van der Waals surface area contributed by atoms with Crippen LogP contribution >= 0.6 is 0 Å². The number of carbonyl (C=O) groups excluding carboxylic acids is 2. The molecule has 2 amide bonds. The minimum Gasteiger partial charge on any atom is -0.366 e. The number of carbonyl (C=O) groups is 2. The summed E-state index contributed by atoms with van der Waals surface area (Å²) in [6.45, 7) is 4.31. The quantitative estimate of drug-likeness (QED) is 0.809. The summed E-state index contributed by atoms with van der Waals surface area (Å²) in [5, 5.41) is 3.37. The van der Waals surface area contributed by atoms with Crippen LogP contribution in [0.3, 0.4) is 0 Å². The van der Waals surface area contributed by atoms with E-state index in [1.165, 1.54) is 0 Å². The second-order valence-electron chi connectivity index (χ2n) is 5.29. The molecule has 20 heavy (non-hydrogen) atoms. The Morgan fingerprint density at radius 3 is 2.95 bits per heavy atom. The summed E-state index contributed by atoms with van der Waals surface area (Å²) in [5.41, 5.74) is 6.79. The molecule has 1 fully saturated rings. The van der Waals surface area contributed by atoms with E-state index in [0.717, 1.165) is 25.1 Å². The highest BCUT2D eigenvalue weighted by Gasteiger charge is 2.21. The third-order valence-electron chi connectivity index (χ3n) is 3.53. The van der Waals surface area contributed by atoms with Crippen LogP contribution in [0.4, 0.5) is 0 Å². The van der Waals surface area contributed by atoms with Crippen molar-refractivity contribution >= 4 is 11.8 Å². The van der Waals surface area contributed by atoms with Crippen LogP contribution in [0.25, 0.3) is 0 Å². The zero-order valence-corrected chi connectivity index (χ0v) is 11.8. The van der Waals surface area contributed by atoms with Crippen molar-refractivity contribution in [3.05, 3.63) is 35.4 Å². The molecule has 0 radical (unpaired) electrons. The monoisotopic (exact) mass is 275 g/mol. The summed E-state index contributed by atoms with van der Waals surface area (Å²) in [6, 6.07) is 7.49. The topological polar surface area (TPSA) is 75.4 Å². The van der Waals surface area contributed by atoms with E-state index >= 15 is 0 Å². The maximum Gasteiger partial charge on any atom is 0.248 e. The van der Waals surface area contributed by atoms with E-state index < -0.39 is 5.91 Å². The van der Waals surface area contributed by atoms with Crippen LogP contribution in [0, 0.1) is 0 Å². The Bertz CT molecular complexity index is 502. The minimum absolute atomic E-state index is 0.217. The molecule has 1 heterocycles. The van der Waals surface area contributed by atoms with Crippen LogP contribution in [0.2, 0.25) is 0 Å². The number of nitrogens with two attached hydrogens (primary N) is 1. The maximum absolute atomic E-state index is 11.6. The number of nitrogens with one attached hydrogen (secondary N) is 1. The summed E-state index contributed by atoms with van der Waals surface area (Å²) in [4.78, 5) is 24.6. The van der Waals surface area contributed by atoms with Gasteiger partial charge in [-0.1, -0.05) is 12.1 Å². The Morgan fingerprint density at radius 2 is 2.30 bits per heavy atom. The van der Waals surface area contributed by atoms with Crippen LogP contribution in [-0.2, 0) is 11.3 Å². The van der Waals surface area contributed by atoms with E-state index in [0.29, 0.717) is 18.5 Å². The summed E-state index contributed by atoms with van der Waals surface area (Å²) in [6.07, 6.45) is 1.64. The third kappa shape index (κ3) is 3.81. The minimum atomic E-state index is -0.414. The van der Waals surface area contributed by atoms with Crippen LogP contribution in [0.1, 0.15) is 35.7 Å². The van der Waals surface area contributed by atoms with Crippen molar-refractivity contribution < 1.29 is 9.59 Å². The zero-order valence-electron chi connectivity index (χ0n) is 11.8. The van der Waals surface area contributed by atoms with Gasteiger partial charge in [0.15, 0.2) is 0 Å². The Morgan fingerprint density at radius 1 is 1.50 bits per heavy atom. The van der Waals surface area contributed by atoms with E-state index in [9.17, 15) is 9.59 Å². The second kappa shape index (κ2) is 6.52. The number of benzene rings is 1. The van der Waals surface area contributed by atoms with Gasteiger partial charge in [-0.15, -0.1) is 0 Å². The molecule has 5 heteroatoms. The molecule has 0 aliphatic carbocycles. The van der Waals surface area contributed by atoms with Gasteiger partial charge in [-0.2, -0.15) is 0 Å². The number of hydrogen-bond donors (Lipinski definition) is 2. The number of amides is 2. The van der Waals surface area contributed by atoms with Gasteiger partial charge in [0.2, 0.25) is 11.8 Å². The molecule has 1 saturated heterocycles. The first-order valence-electron chi connectivity index (χ1n) is 6.96. The van der Waals surface area contributed by atoms with Crippen molar-refractivity contribution in [2.24, 2.45) is 5.73 Å². The first kappa shape index (κ1) is 14.5. The highest BCUT2D eigenvalue weighted by atomic mass is 16.2. The Kier molecular flexibility index (Phi) is 4.74. The van der Waals surface area contributed by atoms with Crippen molar-refractivity contribution in [1.82, 2.24) is 10.2 Å². The average molecular weight is 275 g/mol. The van der Waals surface area contributed by atoms with Gasteiger partial charge in [0, 0.05) is 37.7 Å². The molecule has 1 aromatic rings. The predicted octanol–water partition coefficient (Wildman–Crippen LogP) is 0.886. The summed E-state index contributed by atoms with van der Waals surface area (Å²) in [5.74, 6) is -0.170. The molecular formula is C15H21N3O2. The first-order chi connectivity index (χ1) is 9.56. The van der Waals surface area contributed by atoms with Crippen molar-refractivity contribution in [2.75, 3.05) is 13.1 Å². The van der Waals surface area contributed by atoms with Crippen LogP contribution in [-0.4, -0.2) is 35.8 Å². The third-order valence-corrected chi connectivity index (χ3v) is 3.53. The molecule has 0 saturated carbocycles. The highest BCUT2D eigenvalue weighted by Crippen LogP contribution is 2.10. The van der Waals surface area contributed by atoms with Gasteiger partial charge in [0.1, 0.15) is 0 Å². The van der Waals surface area contributed by atoms with Crippen molar-refractivity contribution in [3.8, 4) is 0 Å². The molecule has 1 aromatic carbocycles. The zero-order chi connectivity index (χ0) is 14.5. The molecule has 108 valence electrons. The number of primary amides is 1. The van der Waals surface area contributed by atoms with Crippen LogP contribution < -0.4 is 11.1 Å². The largest absolute Gasteiger partial charge is 0.366 e. The summed E-state index contributed by atoms with van der Waals surface area (Å²) < 4.78 is 0. The lowest BCUT2D eigenvalue weighted by atomic mass is 10.1. The summed E-state index contributed by atoms with van der Waals surface area (Å²) >= 11 is 0. The Labute approximate surface area is 119 Å². The van der Waals surface area contributed by atoms with Crippen molar-refractivity contribution in [2.45, 2.75) is 32.4 Å². The Balaban J connectivity index is 1.83. The van der Waals surface area contributed by atoms with Gasteiger partial charge in [-0.25, -0.2) is 0 Å². The SMILES string of the molecule is CC(CN1CCCC1=O)NCc1cccc(C(N)=O)c1. The average Bonchev–Trinajstić information content (AvgIpc) is 2.82. The van der Waals surface area contributed by atoms with Crippen LogP contribution in [0.5, 0.6) is 0 Å². The molecular weight excluding hydrogens is 254 g/mol. The molecule has 5 nitrogen and oxygen atoms in total. The Hall–Kier alpha value is -1.88. The summed E-state index contributed by atoms with van der Waals surface area (Å²) in [7, 11) is 0. The van der Waals surface area contributed by atoms with E-state index in [2.05, 4.69) is 12.2 Å². The molecule has 1 unspecified atom stereocenters. The van der Waals surface area contributed by atoms with Crippen LogP contribution in [0.15, 0.2) is 24.3 Å². The fraction of sp³-hybridized carbons (Fsp3) is 0.467. The molecule has 1 aliphatic rings. The van der Waals surface area contributed by atoms with Crippen molar-refractivity contribution in [3.63, 3.8) is 0 Å².